The van der Waals surface area contributed by atoms with Gasteiger partial charge in [0.25, 0.3) is 11.8 Å². The van der Waals surface area contributed by atoms with Crippen LogP contribution in [0, 0.1) is 6.92 Å². The van der Waals surface area contributed by atoms with Gasteiger partial charge in [-0.15, -0.1) is 0 Å². The lowest BCUT2D eigenvalue weighted by atomic mass is 10.2. The van der Waals surface area contributed by atoms with Crippen molar-refractivity contribution in [2.24, 2.45) is 0 Å². The Kier molecular flexibility index (Phi) is 6.46. The van der Waals surface area contributed by atoms with Gasteiger partial charge < -0.3 is 0 Å². The van der Waals surface area contributed by atoms with E-state index in [0.717, 1.165) is 9.87 Å². The van der Waals surface area contributed by atoms with E-state index in [4.69, 9.17) is 0 Å². The summed E-state index contributed by atoms with van der Waals surface area (Å²) in [6.45, 7) is 1.39. The number of carbonyl (C=O) groups excluding carboxylic acids is 2. The van der Waals surface area contributed by atoms with E-state index in [-0.39, 0.29) is 10.5 Å². The molecule has 0 aliphatic carbocycles. The fraction of sp³-hybridized carbons (Fsp3) is 0.188. The standard InChI is InChI=1S/C16H17BrN4O4S/c1-11-3-5-14(6-4-11)26(24,25)21(2)10-15(22)19-20-16(23)12-7-13(17)9-18-8-12/h3-9H,10H2,1-2H3,(H,19,22)(H,20,23). The summed E-state index contributed by atoms with van der Waals surface area (Å²) in [4.78, 5) is 27.8. The maximum absolute atomic E-state index is 12.4. The molecule has 0 saturated heterocycles. The van der Waals surface area contributed by atoms with E-state index in [0.29, 0.717) is 4.47 Å². The zero-order chi connectivity index (χ0) is 19.3. The molecule has 0 atom stereocenters. The average Bonchev–Trinajstić information content (AvgIpc) is 2.60. The first-order valence-electron chi connectivity index (χ1n) is 7.43. The summed E-state index contributed by atoms with van der Waals surface area (Å²) in [5.74, 6) is -1.25. The molecule has 0 aliphatic heterocycles. The van der Waals surface area contributed by atoms with E-state index < -0.39 is 28.4 Å². The minimum Gasteiger partial charge on any atom is -0.272 e. The van der Waals surface area contributed by atoms with Crippen LogP contribution in [-0.2, 0) is 14.8 Å². The molecule has 0 aliphatic rings. The number of hydrogen-bond acceptors (Lipinski definition) is 5. The second kappa shape index (κ2) is 8.39. The molecule has 0 fully saturated rings. The highest BCUT2D eigenvalue weighted by Crippen LogP contribution is 2.14. The van der Waals surface area contributed by atoms with E-state index >= 15 is 0 Å². The third-order valence-corrected chi connectivity index (χ3v) is 5.63. The van der Waals surface area contributed by atoms with Gasteiger partial charge in [-0.1, -0.05) is 17.7 Å². The third kappa shape index (κ3) is 5.10. The first-order chi connectivity index (χ1) is 12.2. The van der Waals surface area contributed by atoms with Gasteiger partial charge in [0, 0.05) is 23.9 Å². The quantitative estimate of drug-likeness (QED) is 0.679. The number of nitrogens with zero attached hydrogens (tertiary/aromatic N) is 2. The van der Waals surface area contributed by atoms with E-state index in [1.807, 2.05) is 6.92 Å². The molecular weight excluding hydrogens is 424 g/mol. The first kappa shape index (κ1) is 20.0. The molecule has 0 spiro atoms. The molecule has 1 aromatic heterocycles. The van der Waals surface area contributed by atoms with Crippen molar-refractivity contribution in [3.8, 4) is 0 Å². The third-order valence-electron chi connectivity index (χ3n) is 3.38. The van der Waals surface area contributed by atoms with E-state index in [9.17, 15) is 18.0 Å². The molecule has 0 radical (unpaired) electrons. The molecule has 2 amide bonds. The number of amides is 2. The summed E-state index contributed by atoms with van der Waals surface area (Å²) in [5.41, 5.74) is 5.55. The van der Waals surface area contributed by atoms with Crippen molar-refractivity contribution in [1.82, 2.24) is 20.1 Å². The van der Waals surface area contributed by atoms with Crippen LogP contribution in [0.25, 0.3) is 0 Å². The van der Waals surface area contributed by atoms with Gasteiger partial charge in [-0.25, -0.2) is 8.42 Å². The second-order valence-corrected chi connectivity index (χ2v) is 8.43. The van der Waals surface area contributed by atoms with Gasteiger partial charge in [0.1, 0.15) is 0 Å². The molecule has 138 valence electrons. The molecule has 2 N–H and O–H groups in total. The number of sulfonamides is 1. The zero-order valence-corrected chi connectivity index (χ0v) is 16.5. The molecule has 1 aromatic carbocycles. The fourth-order valence-corrected chi connectivity index (χ4v) is 3.44. The van der Waals surface area contributed by atoms with Gasteiger partial charge in [0.15, 0.2) is 0 Å². The van der Waals surface area contributed by atoms with Gasteiger partial charge in [-0.05, 0) is 41.1 Å². The smallest absolute Gasteiger partial charge is 0.271 e. The minimum absolute atomic E-state index is 0.0858. The molecule has 0 bridgehead atoms. The van der Waals surface area contributed by atoms with Crippen molar-refractivity contribution in [2.75, 3.05) is 13.6 Å². The Bertz CT molecular complexity index is 916. The number of nitrogens with one attached hydrogen (secondary N) is 2. The van der Waals surface area contributed by atoms with Crippen molar-refractivity contribution < 1.29 is 18.0 Å². The molecule has 1 heterocycles. The Balaban J connectivity index is 1.94. The molecule has 0 unspecified atom stereocenters. The summed E-state index contributed by atoms with van der Waals surface area (Å²) < 4.78 is 26.4. The van der Waals surface area contributed by atoms with E-state index in [1.54, 1.807) is 12.1 Å². The number of halogens is 1. The van der Waals surface area contributed by atoms with Crippen LogP contribution in [0.4, 0.5) is 0 Å². The molecule has 10 heteroatoms. The largest absolute Gasteiger partial charge is 0.272 e. The number of pyridine rings is 1. The highest BCUT2D eigenvalue weighted by Gasteiger charge is 2.23. The van der Waals surface area contributed by atoms with Crippen LogP contribution in [0.2, 0.25) is 0 Å². The molecule has 8 nitrogen and oxygen atoms in total. The van der Waals surface area contributed by atoms with Crippen molar-refractivity contribution >= 4 is 37.8 Å². The van der Waals surface area contributed by atoms with Crippen LogP contribution < -0.4 is 10.9 Å². The lowest BCUT2D eigenvalue weighted by molar-refractivity contribution is -0.121. The van der Waals surface area contributed by atoms with Crippen LogP contribution >= 0.6 is 15.9 Å². The summed E-state index contributed by atoms with van der Waals surface area (Å²) in [6.07, 6.45) is 2.85. The number of rotatable bonds is 5. The van der Waals surface area contributed by atoms with Crippen LogP contribution in [0.15, 0.2) is 52.1 Å². The lowest BCUT2D eigenvalue weighted by Gasteiger charge is -2.17. The SMILES string of the molecule is Cc1ccc(S(=O)(=O)N(C)CC(=O)NNC(=O)c2cncc(Br)c2)cc1. The number of carbonyl (C=O) groups is 2. The number of aromatic nitrogens is 1. The Labute approximate surface area is 159 Å². The van der Waals surface area contributed by atoms with Gasteiger partial charge in [-0.2, -0.15) is 4.31 Å². The fourth-order valence-electron chi connectivity index (χ4n) is 1.95. The van der Waals surface area contributed by atoms with Gasteiger partial charge in [0.05, 0.1) is 17.0 Å². The van der Waals surface area contributed by atoms with Crippen LogP contribution in [-0.4, -0.2) is 43.1 Å². The first-order valence-corrected chi connectivity index (χ1v) is 9.66. The summed E-state index contributed by atoms with van der Waals surface area (Å²) in [6, 6.07) is 7.82. The van der Waals surface area contributed by atoms with Crippen molar-refractivity contribution in [1.29, 1.82) is 0 Å². The molecule has 2 aromatic rings. The van der Waals surface area contributed by atoms with Gasteiger partial charge in [0.2, 0.25) is 10.0 Å². The normalized spacial score (nSPS) is 11.2. The molecular formula is C16H17BrN4O4S. The second-order valence-electron chi connectivity index (χ2n) is 5.47. The topological polar surface area (TPSA) is 108 Å². The number of hydrogen-bond donors (Lipinski definition) is 2. The van der Waals surface area contributed by atoms with E-state index in [1.165, 1.54) is 37.6 Å². The number of aryl methyl sites for hydroxylation is 1. The Morgan fingerprint density at radius 3 is 2.42 bits per heavy atom. The lowest BCUT2D eigenvalue weighted by Crippen LogP contribution is -2.46. The number of hydrazine groups is 1. The van der Waals surface area contributed by atoms with Crippen LogP contribution in [0.1, 0.15) is 15.9 Å². The maximum Gasteiger partial charge on any atom is 0.271 e. The van der Waals surface area contributed by atoms with Crippen LogP contribution in [0.3, 0.4) is 0 Å². The molecule has 2 rings (SSSR count). The summed E-state index contributed by atoms with van der Waals surface area (Å²) in [5, 5.41) is 0. The minimum atomic E-state index is -3.80. The monoisotopic (exact) mass is 440 g/mol. The highest BCUT2D eigenvalue weighted by atomic mass is 79.9. The Morgan fingerprint density at radius 1 is 1.15 bits per heavy atom. The van der Waals surface area contributed by atoms with Crippen molar-refractivity contribution in [3.63, 3.8) is 0 Å². The highest BCUT2D eigenvalue weighted by molar-refractivity contribution is 9.10. The maximum atomic E-state index is 12.4. The molecule has 0 saturated carbocycles. The molecule has 26 heavy (non-hydrogen) atoms. The van der Waals surface area contributed by atoms with Crippen molar-refractivity contribution in [2.45, 2.75) is 11.8 Å². The van der Waals surface area contributed by atoms with Gasteiger partial charge >= 0.3 is 0 Å². The predicted octanol–water partition coefficient (Wildman–Crippen LogP) is 1.23. The van der Waals surface area contributed by atoms with E-state index in [2.05, 4.69) is 31.8 Å². The Morgan fingerprint density at radius 2 is 1.81 bits per heavy atom. The number of benzene rings is 1. The summed E-state index contributed by atoms with van der Waals surface area (Å²) in [7, 11) is -2.52. The van der Waals surface area contributed by atoms with Gasteiger partial charge in [-0.3, -0.25) is 25.4 Å². The van der Waals surface area contributed by atoms with Crippen molar-refractivity contribution in [3.05, 3.63) is 58.3 Å². The Hall–Kier alpha value is -2.30. The van der Waals surface area contributed by atoms with Crippen LogP contribution in [0.5, 0.6) is 0 Å². The average molecular weight is 441 g/mol. The number of likely N-dealkylation sites (N-methyl/N-ethyl adjacent to an activating group) is 1. The predicted molar refractivity (Wildman–Crippen MR) is 98.5 cm³/mol. The zero-order valence-electron chi connectivity index (χ0n) is 14.1. The summed E-state index contributed by atoms with van der Waals surface area (Å²) >= 11 is 3.19.